The Morgan fingerprint density at radius 1 is 1.18 bits per heavy atom. The van der Waals surface area contributed by atoms with Gasteiger partial charge < -0.3 is 10.3 Å². The van der Waals surface area contributed by atoms with E-state index < -0.39 is 11.8 Å². The number of allylic oxidation sites excluding steroid dienone is 3. The highest BCUT2D eigenvalue weighted by Crippen LogP contribution is 2.39. The minimum atomic E-state index is -1.19. The van der Waals surface area contributed by atoms with Crippen molar-refractivity contribution in [1.82, 2.24) is 0 Å². The highest BCUT2D eigenvalue weighted by Gasteiger charge is 2.27. The lowest BCUT2D eigenvalue weighted by molar-refractivity contribution is 0.0696. The number of rotatable bonds is 4. The van der Waals surface area contributed by atoms with Crippen LogP contribution >= 0.6 is 0 Å². The van der Waals surface area contributed by atoms with E-state index in [0.29, 0.717) is 5.71 Å². The van der Waals surface area contributed by atoms with Crippen LogP contribution in [0.4, 0.5) is 4.39 Å². The van der Waals surface area contributed by atoms with E-state index in [-0.39, 0.29) is 16.5 Å². The number of nitrogens with zero attached hydrogens (tertiary/aromatic N) is 1. The van der Waals surface area contributed by atoms with E-state index in [9.17, 15) is 14.4 Å². The summed E-state index contributed by atoms with van der Waals surface area (Å²) in [6, 6.07) is 9.58. The van der Waals surface area contributed by atoms with Crippen molar-refractivity contribution in [3.05, 3.63) is 82.2 Å². The standard InChI is InChI=1S/C23H22FNO3/c1-14-10-11-23(2,3)19-12-16(6-8-18(14)19)21(25-28)9-7-15-4-5-17(22(26)27)13-20(15)24/h4-10,12-13,28H,11H2,1-3H3,(H,26,27)/b9-7-,25-21?. The van der Waals surface area contributed by atoms with Gasteiger partial charge in [0.1, 0.15) is 11.5 Å². The molecule has 144 valence electrons. The van der Waals surface area contributed by atoms with Crippen LogP contribution in [0.5, 0.6) is 0 Å². The zero-order valence-corrected chi connectivity index (χ0v) is 16.0. The van der Waals surface area contributed by atoms with Gasteiger partial charge in [-0.2, -0.15) is 0 Å². The van der Waals surface area contributed by atoms with Crippen molar-refractivity contribution < 1.29 is 19.5 Å². The van der Waals surface area contributed by atoms with Gasteiger partial charge in [-0.1, -0.05) is 43.3 Å². The number of carbonyl (C=O) groups is 1. The molecular formula is C23H22FNO3. The third kappa shape index (κ3) is 3.74. The summed E-state index contributed by atoms with van der Waals surface area (Å²) < 4.78 is 14.1. The van der Waals surface area contributed by atoms with Crippen molar-refractivity contribution in [3.8, 4) is 0 Å². The molecule has 2 aromatic rings. The molecule has 1 aliphatic rings. The fraction of sp³-hybridized carbons (Fsp3) is 0.217. The van der Waals surface area contributed by atoms with Gasteiger partial charge in [0.25, 0.3) is 0 Å². The molecule has 0 atom stereocenters. The maximum atomic E-state index is 14.1. The average Bonchev–Trinajstić information content (AvgIpc) is 2.66. The summed E-state index contributed by atoms with van der Waals surface area (Å²) >= 11 is 0. The highest BCUT2D eigenvalue weighted by atomic mass is 19.1. The maximum Gasteiger partial charge on any atom is 0.335 e. The van der Waals surface area contributed by atoms with Crippen LogP contribution in [-0.2, 0) is 5.41 Å². The van der Waals surface area contributed by atoms with Crippen molar-refractivity contribution in [2.45, 2.75) is 32.6 Å². The average molecular weight is 379 g/mol. The summed E-state index contributed by atoms with van der Waals surface area (Å²) in [4.78, 5) is 10.9. The Kier molecular flexibility index (Phi) is 5.18. The molecule has 2 aromatic carbocycles. The zero-order chi connectivity index (χ0) is 20.5. The second-order valence-electron chi connectivity index (χ2n) is 7.60. The molecule has 0 radical (unpaired) electrons. The van der Waals surface area contributed by atoms with Gasteiger partial charge in [0, 0.05) is 11.1 Å². The Morgan fingerprint density at radius 3 is 2.54 bits per heavy atom. The van der Waals surface area contributed by atoms with Crippen LogP contribution in [0.2, 0.25) is 0 Å². The highest BCUT2D eigenvalue weighted by molar-refractivity contribution is 6.10. The topological polar surface area (TPSA) is 69.9 Å². The molecule has 0 aromatic heterocycles. The van der Waals surface area contributed by atoms with Crippen molar-refractivity contribution in [2.75, 3.05) is 0 Å². The van der Waals surface area contributed by atoms with Gasteiger partial charge in [0.2, 0.25) is 0 Å². The van der Waals surface area contributed by atoms with E-state index in [2.05, 4.69) is 32.0 Å². The van der Waals surface area contributed by atoms with E-state index in [1.54, 1.807) is 0 Å². The third-order valence-electron chi connectivity index (χ3n) is 5.16. The molecule has 2 N–H and O–H groups in total. The van der Waals surface area contributed by atoms with Crippen molar-refractivity contribution in [3.63, 3.8) is 0 Å². The summed E-state index contributed by atoms with van der Waals surface area (Å²) in [7, 11) is 0. The van der Waals surface area contributed by atoms with Crippen LogP contribution in [0.25, 0.3) is 11.6 Å². The normalized spacial score (nSPS) is 16.0. The molecular weight excluding hydrogens is 357 g/mol. The van der Waals surface area contributed by atoms with Crippen LogP contribution in [0.3, 0.4) is 0 Å². The fourth-order valence-corrected chi connectivity index (χ4v) is 3.39. The van der Waals surface area contributed by atoms with Crippen molar-refractivity contribution >= 4 is 23.3 Å². The van der Waals surface area contributed by atoms with Gasteiger partial charge in [-0.25, -0.2) is 9.18 Å². The van der Waals surface area contributed by atoms with Crippen LogP contribution in [0.15, 0.2) is 53.7 Å². The lowest BCUT2D eigenvalue weighted by Crippen LogP contribution is -2.21. The molecule has 3 rings (SSSR count). The first-order valence-electron chi connectivity index (χ1n) is 8.98. The first kappa shape index (κ1) is 19.5. The van der Waals surface area contributed by atoms with Crippen LogP contribution in [0, 0.1) is 5.82 Å². The summed E-state index contributed by atoms with van der Waals surface area (Å²) in [6.45, 7) is 6.42. The summed E-state index contributed by atoms with van der Waals surface area (Å²) in [6.07, 6.45) is 6.13. The zero-order valence-electron chi connectivity index (χ0n) is 16.0. The number of benzene rings is 2. The number of carboxylic acids is 1. The number of hydrogen-bond acceptors (Lipinski definition) is 3. The second-order valence-corrected chi connectivity index (χ2v) is 7.60. The number of oxime groups is 1. The number of aromatic carboxylic acids is 1. The summed E-state index contributed by atoms with van der Waals surface area (Å²) in [5, 5.41) is 21.8. The van der Waals surface area contributed by atoms with E-state index >= 15 is 0 Å². The molecule has 0 amide bonds. The number of halogens is 1. The Hall–Kier alpha value is -3.21. The molecule has 0 bridgehead atoms. The number of hydrogen-bond donors (Lipinski definition) is 2. The summed E-state index contributed by atoms with van der Waals surface area (Å²) in [5.74, 6) is -1.84. The SMILES string of the molecule is CC1=CCC(C)(C)c2cc(C(/C=C\c3ccc(C(=O)O)cc3F)=NO)ccc21. The minimum Gasteiger partial charge on any atom is -0.478 e. The predicted octanol–water partition coefficient (Wildman–Crippen LogP) is 5.50. The molecule has 0 heterocycles. The Balaban J connectivity index is 1.94. The number of carboxylic acid groups (broad SMARTS) is 1. The van der Waals surface area contributed by atoms with Gasteiger partial charge in [-0.15, -0.1) is 0 Å². The quantitative estimate of drug-likeness (QED) is 0.419. The van der Waals surface area contributed by atoms with Gasteiger partial charge in [-0.05, 0) is 65.8 Å². The molecule has 1 aliphatic carbocycles. The Labute approximate surface area is 163 Å². The van der Waals surface area contributed by atoms with Crippen LogP contribution < -0.4 is 0 Å². The van der Waals surface area contributed by atoms with E-state index in [1.807, 2.05) is 18.2 Å². The van der Waals surface area contributed by atoms with Gasteiger partial charge >= 0.3 is 5.97 Å². The Bertz CT molecular complexity index is 1030. The fourth-order valence-electron chi connectivity index (χ4n) is 3.39. The maximum absolute atomic E-state index is 14.1. The van der Waals surface area contributed by atoms with Crippen LogP contribution in [0.1, 0.15) is 59.8 Å². The monoisotopic (exact) mass is 379 g/mol. The molecule has 0 spiro atoms. The van der Waals surface area contributed by atoms with Crippen LogP contribution in [-0.4, -0.2) is 22.0 Å². The largest absolute Gasteiger partial charge is 0.478 e. The first-order valence-corrected chi connectivity index (χ1v) is 8.98. The molecule has 0 fully saturated rings. The molecule has 0 saturated heterocycles. The lowest BCUT2D eigenvalue weighted by Gasteiger charge is -2.31. The number of fused-ring (bicyclic) bond motifs is 1. The lowest BCUT2D eigenvalue weighted by atomic mass is 9.73. The van der Waals surface area contributed by atoms with Crippen molar-refractivity contribution in [2.24, 2.45) is 5.16 Å². The third-order valence-corrected chi connectivity index (χ3v) is 5.16. The summed E-state index contributed by atoms with van der Waals surface area (Å²) in [5.41, 5.74) is 4.66. The second kappa shape index (κ2) is 7.43. The predicted molar refractivity (Wildman–Crippen MR) is 108 cm³/mol. The molecule has 0 saturated carbocycles. The Morgan fingerprint density at radius 2 is 1.89 bits per heavy atom. The molecule has 5 heteroatoms. The van der Waals surface area contributed by atoms with E-state index in [1.165, 1.54) is 41.0 Å². The minimum absolute atomic E-state index is 0.0338. The molecule has 28 heavy (non-hydrogen) atoms. The smallest absolute Gasteiger partial charge is 0.335 e. The van der Waals surface area contributed by atoms with Crippen molar-refractivity contribution in [1.29, 1.82) is 0 Å². The molecule has 4 nitrogen and oxygen atoms in total. The molecule has 0 unspecified atom stereocenters. The van der Waals surface area contributed by atoms with Gasteiger partial charge in [-0.3, -0.25) is 0 Å². The van der Waals surface area contributed by atoms with Gasteiger partial charge in [0.15, 0.2) is 0 Å². The molecule has 0 aliphatic heterocycles. The van der Waals surface area contributed by atoms with E-state index in [0.717, 1.165) is 18.1 Å². The van der Waals surface area contributed by atoms with E-state index in [4.69, 9.17) is 5.11 Å². The van der Waals surface area contributed by atoms with Gasteiger partial charge in [0.05, 0.1) is 5.56 Å². The first-order chi connectivity index (χ1) is 13.2.